The van der Waals surface area contributed by atoms with Gasteiger partial charge in [0.15, 0.2) is 0 Å². The molecule has 2 aromatic carbocycles. The van der Waals surface area contributed by atoms with Gasteiger partial charge in [-0.05, 0) is 42.7 Å². The van der Waals surface area contributed by atoms with Crippen molar-refractivity contribution in [3.8, 4) is 5.69 Å². The number of nitrogens with one attached hydrogen (secondary N) is 2. The number of likely N-dealkylation sites (N-methyl/N-ethyl adjacent to an activating group) is 1. The van der Waals surface area contributed by atoms with E-state index in [0.29, 0.717) is 53.5 Å². The number of ether oxygens (including phenoxy) is 1. The highest BCUT2D eigenvalue weighted by molar-refractivity contribution is 6.04. The first kappa shape index (κ1) is 34.1. The smallest absolute Gasteiger partial charge is 0.375 e. The molecule has 7 rings (SSSR count). The molecule has 3 aliphatic rings. The maximum absolute atomic E-state index is 14.3. The lowest BCUT2D eigenvalue weighted by Crippen LogP contribution is -2.55. The highest BCUT2D eigenvalue weighted by Crippen LogP contribution is 2.41. The van der Waals surface area contributed by atoms with E-state index in [2.05, 4.69) is 37.2 Å². The molecule has 4 atom stereocenters. The van der Waals surface area contributed by atoms with Gasteiger partial charge in [-0.2, -0.15) is 18.3 Å². The van der Waals surface area contributed by atoms with E-state index >= 15 is 0 Å². The average Bonchev–Trinajstić information content (AvgIpc) is 3.88. The number of hydrogen-bond donors (Lipinski definition) is 2. The van der Waals surface area contributed by atoms with Gasteiger partial charge >= 0.3 is 6.18 Å². The Balaban J connectivity index is 1.19. The van der Waals surface area contributed by atoms with Crippen LogP contribution in [0.1, 0.15) is 52.3 Å². The van der Waals surface area contributed by atoms with Crippen molar-refractivity contribution in [3.63, 3.8) is 0 Å². The Morgan fingerprint density at radius 3 is 2.61 bits per heavy atom. The summed E-state index contributed by atoms with van der Waals surface area (Å²) in [5.41, 5.74) is 1.80. The van der Waals surface area contributed by atoms with Crippen LogP contribution in [0.2, 0.25) is 0 Å². The first-order chi connectivity index (χ1) is 24.5. The van der Waals surface area contributed by atoms with Gasteiger partial charge in [0, 0.05) is 55.5 Å². The first-order valence-electron chi connectivity index (χ1n) is 16.6. The number of nitrogens with zero attached hydrogens (tertiary/aromatic N) is 6. The molecule has 2 saturated heterocycles. The van der Waals surface area contributed by atoms with Gasteiger partial charge in [-0.3, -0.25) is 24.2 Å². The number of alkyl halides is 3. The molecular weight excluding hydrogens is 665 g/mol. The molecule has 0 unspecified atom stereocenters. The van der Waals surface area contributed by atoms with Crippen molar-refractivity contribution in [3.05, 3.63) is 113 Å². The number of anilines is 1. The molecule has 0 radical (unpaired) electrons. The summed E-state index contributed by atoms with van der Waals surface area (Å²) < 4.78 is 47.6. The fraction of sp³-hybridized carbons (Fsp3) is 0.333. The predicted molar refractivity (Wildman–Crippen MR) is 179 cm³/mol. The third-order valence-corrected chi connectivity index (χ3v) is 9.47. The number of morpholine rings is 1. The second kappa shape index (κ2) is 13.7. The van der Waals surface area contributed by atoms with E-state index in [0.717, 1.165) is 24.7 Å². The molecule has 0 aliphatic carbocycles. The largest absolute Gasteiger partial charge is 0.433 e. The molecule has 3 amide bonds. The molecule has 2 aromatic heterocycles. The molecular formula is C36H35F3N8O4. The fourth-order valence-electron chi connectivity index (χ4n) is 7.04. The molecule has 15 heteroatoms. The highest BCUT2D eigenvalue weighted by atomic mass is 19.4. The number of rotatable bonds is 10. The van der Waals surface area contributed by atoms with Crippen LogP contribution >= 0.6 is 0 Å². The number of hydrogen-bond acceptors (Lipinski definition) is 8. The number of carbonyl (C=O) groups is 3. The number of halogens is 3. The number of likely N-dealkylation sites (tertiary alicyclic amines) is 1. The van der Waals surface area contributed by atoms with Crippen LogP contribution in [-0.2, 0) is 27.0 Å². The van der Waals surface area contributed by atoms with Gasteiger partial charge in [-0.15, -0.1) is 0 Å². The lowest BCUT2D eigenvalue weighted by atomic mass is 9.82. The molecule has 2 N–H and O–H groups in total. The molecule has 0 spiro atoms. The van der Waals surface area contributed by atoms with Crippen molar-refractivity contribution in [2.45, 2.75) is 50.2 Å². The Morgan fingerprint density at radius 2 is 1.90 bits per heavy atom. The third kappa shape index (κ3) is 6.73. The van der Waals surface area contributed by atoms with Crippen LogP contribution in [0.5, 0.6) is 0 Å². The minimum atomic E-state index is -4.80. The molecule has 0 saturated carbocycles. The van der Waals surface area contributed by atoms with E-state index in [4.69, 9.17) is 4.74 Å². The quantitative estimate of drug-likeness (QED) is 0.240. The van der Waals surface area contributed by atoms with Crippen LogP contribution in [0.3, 0.4) is 0 Å². The van der Waals surface area contributed by atoms with Crippen LogP contribution in [0.15, 0.2) is 85.2 Å². The molecule has 5 heterocycles. The van der Waals surface area contributed by atoms with Crippen molar-refractivity contribution in [2.24, 2.45) is 0 Å². The number of benzene rings is 2. The van der Waals surface area contributed by atoms with Gasteiger partial charge in [0.05, 0.1) is 24.6 Å². The SMILES string of the molecule is C=C(CN1C[C@H]2C[C@@H]1CO2)C(=O)NCc1cccc([C@@H]2c3cnn(-c4ccccc4)c3N(CC)C(=O)[C@H]2NC(=O)c2nccc(C(F)(F)F)n2)c1. The van der Waals surface area contributed by atoms with Crippen molar-refractivity contribution in [1.82, 2.24) is 35.3 Å². The van der Waals surface area contributed by atoms with Crippen LogP contribution in [-0.4, -0.2) is 86.8 Å². The summed E-state index contributed by atoms with van der Waals surface area (Å²) in [5, 5.41) is 10.2. The monoisotopic (exact) mass is 700 g/mol. The molecule has 2 bridgehead atoms. The van der Waals surface area contributed by atoms with E-state index in [1.807, 2.05) is 42.5 Å². The van der Waals surface area contributed by atoms with E-state index in [1.54, 1.807) is 29.9 Å². The third-order valence-electron chi connectivity index (χ3n) is 9.47. The van der Waals surface area contributed by atoms with Crippen LogP contribution in [0.25, 0.3) is 5.69 Å². The summed E-state index contributed by atoms with van der Waals surface area (Å²) in [4.78, 5) is 51.7. The van der Waals surface area contributed by atoms with Crippen molar-refractivity contribution in [2.75, 3.05) is 31.1 Å². The van der Waals surface area contributed by atoms with E-state index in [9.17, 15) is 27.6 Å². The second-order valence-electron chi connectivity index (χ2n) is 12.8. The van der Waals surface area contributed by atoms with Gasteiger partial charge in [-0.25, -0.2) is 14.6 Å². The summed E-state index contributed by atoms with van der Waals surface area (Å²) in [6, 6.07) is 16.1. The van der Waals surface area contributed by atoms with Gasteiger partial charge in [0.2, 0.25) is 11.7 Å². The zero-order valence-electron chi connectivity index (χ0n) is 27.6. The minimum Gasteiger partial charge on any atom is -0.375 e. The molecule has 3 aliphatic heterocycles. The summed E-state index contributed by atoms with van der Waals surface area (Å²) in [6.07, 6.45) is -1.16. The van der Waals surface area contributed by atoms with Crippen molar-refractivity contribution in [1.29, 1.82) is 0 Å². The van der Waals surface area contributed by atoms with Gasteiger partial charge in [0.25, 0.3) is 11.8 Å². The molecule has 4 aromatic rings. The number of fused-ring (bicyclic) bond motifs is 3. The van der Waals surface area contributed by atoms with Crippen LogP contribution in [0.4, 0.5) is 19.0 Å². The maximum Gasteiger partial charge on any atom is 0.433 e. The Kier molecular flexibility index (Phi) is 9.16. The zero-order valence-corrected chi connectivity index (χ0v) is 27.6. The lowest BCUT2D eigenvalue weighted by molar-refractivity contribution is -0.141. The highest BCUT2D eigenvalue weighted by Gasteiger charge is 2.45. The standard InChI is InChI=1S/C36H35F3N8O4/c1-3-46-34-27(17-42-47(34)24-10-5-4-6-11-24)29(30(35(46)50)44-33(49)31-40-13-12-28(43-31)36(37,38)39)23-9-7-8-22(14-23)16-41-32(48)21(2)18-45-19-26-15-25(45)20-51-26/h4-14,17,25-26,29-30H,2-3,15-16,18-20H2,1H3,(H,41,48)(H,44,49)/t25-,26-,29-,30+/m1/s1. The topological polar surface area (TPSA) is 135 Å². The Hall–Kier alpha value is -5.41. The number of carbonyl (C=O) groups excluding carboxylic acids is 3. The summed E-state index contributed by atoms with van der Waals surface area (Å²) in [6.45, 7) is 8.03. The lowest BCUT2D eigenvalue weighted by Gasteiger charge is -2.38. The number of aromatic nitrogens is 4. The molecule has 264 valence electrons. The molecule has 12 nitrogen and oxygen atoms in total. The van der Waals surface area contributed by atoms with E-state index < -0.39 is 41.5 Å². The molecule has 51 heavy (non-hydrogen) atoms. The van der Waals surface area contributed by atoms with Gasteiger partial charge in [0.1, 0.15) is 17.6 Å². The Morgan fingerprint density at radius 1 is 1.10 bits per heavy atom. The minimum absolute atomic E-state index is 0.161. The predicted octanol–water partition coefficient (Wildman–Crippen LogP) is 3.62. The number of amides is 3. The summed E-state index contributed by atoms with van der Waals surface area (Å²) >= 11 is 0. The fourth-order valence-corrected chi connectivity index (χ4v) is 7.04. The van der Waals surface area contributed by atoms with Crippen molar-refractivity contribution >= 4 is 23.5 Å². The normalized spacial score (nSPS) is 21.4. The number of para-hydroxylation sites is 1. The van der Waals surface area contributed by atoms with E-state index in [-0.39, 0.29) is 25.1 Å². The van der Waals surface area contributed by atoms with Crippen LogP contribution in [0, 0.1) is 0 Å². The summed E-state index contributed by atoms with van der Waals surface area (Å²) in [7, 11) is 0. The zero-order chi connectivity index (χ0) is 35.9. The Bertz CT molecular complexity index is 1980. The molecule has 2 fully saturated rings. The maximum atomic E-state index is 14.3. The Labute approximate surface area is 291 Å². The second-order valence-corrected chi connectivity index (χ2v) is 12.8. The van der Waals surface area contributed by atoms with Gasteiger partial charge in [-0.1, -0.05) is 49.0 Å². The van der Waals surface area contributed by atoms with E-state index in [1.165, 1.54) is 4.90 Å². The first-order valence-corrected chi connectivity index (χ1v) is 16.6. The van der Waals surface area contributed by atoms with Gasteiger partial charge < -0.3 is 15.4 Å². The average molecular weight is 701 g/mol. The van der Waals surface area contributed by atoms with Crippen LogP contribution < -0.4 is 15.5 Å². The summed E-state index contributed by atoms with van der Waals surface area (Å²) in [5.74, 6) is -2.87. The van der Waals surface area contributed by atoms with Crippen molar-refractivity contribution < 1.29 is 32.3 Å².